The summed E-state index contributed by atoms with van der Waals surface area (Å²) in [5, 5.41) is 0. The van der Waals surface area contributed by atoms with E-state index < -0.39 is 0 Å². The van der Waals surface area contributed by atoms with Crippen LogP contribution >= 0.6 is 0 Å². The van der Waals surface area contributed by atoms with Crippen molar-refractivity contribution >= 4 is 11.9 Å². The Bertz CT molecular complexity index is 897. The molecule has 6 nitrogen and oxygen atoms in total. The van der Waals surface area contributed by atoms with E-state index in [2.05, 4.69) is 9.88 Å². The number of likely N-dealkylation sites (tertiary alicyclic amines) is 2. The highest BCUT2D eigenvalue weighted by atomic mass is 19.1. The fraction of sp³-hybridized carbons (Fsp3) is 0.522. The number of carbonyl (C=O) groups is 1. The number of benzene rings is 1. The molecule has 0 aliphatic carbocycles. The van der Waals surface area contributed by atoms with Crippen molar-refractivity contribution in [1.29, 1.82) is 0 Å². The number of anilines is 1. The van der Waals surface area contributed by atoms with Crippen molar-refractivity contribution < 1.29 is 9.18 Å². The molecule has 7 heteroatoms. The molecule has 2 aliphatic rings. The SMILES string of the molecule is CN(C)c1ncc(-c2cccc(F)c2)c(C2CCCN(CC(=O)N3CCCC3)C2)n1. The summed E-state index contributed by atoms with van der Waals surface area (Å²) in [7, 11) is 3.84. The lowest BCUT2D eigenvalue weighted by atomic mass is 9.90. The molecule has 0 N–H and O–H groups in total. The first-order valence-corrected chi connectivity index (χ1v) is 10.8. The van der Waals surface area contributed by atoms with Crippen LogP contribution in [0.15, 0.2) is 30.5 Å². The minimum Gasteiger partial charge on any atom is -0.347 e. The van der Waals surface area contributed by atoms with E-state index in [1.54, 1.807) is 12.3 Å². The summed E-state index contributed by atoms with van der Waals surface area (Å²) in [4.78, 5) is 28.1. The van der Waals surface area contributed by atoms with Crippen molar-refractivity contribution in [1.82, 2.24) is 19.8 Å². The number of hydrogen-bond donors (Lipinski definition) is 0. The largest absolute Gasteiger partial charge is 0.347 e. The van der Waals surface area contributed by atoms with Gasteiger partial charge >= 0.3 is 0 Å². The van der Waals surface area contributed by atoms with Crippen LogP contribution in [0.2, 0.25) is 0 Å². The number of halogens is 1. The molecule has 1 aromatic heterocycles. The van der Waals surface area contributed by atoms with Gasteiger partial charge in [0.15, 0.2) is 0 Å². The number of hydrogen-bond acceptors (Lipinski definition) is 5. The fourth-order valence-corrected chi connectivity index (χ4v) is 4.47. The zero-order chi connectivity index (χ0) is 21.1. The Kier molecular flexibility index (Phi) is 6.27. The predicted molar refractivity (Wildman–Crippen MR) is 116 cm³/mol. The van der Waals surface area contributed by atoms with E-state index in [0.29, 0.717) is 12.5 Å². The first kappa shape index (κ1) is 20.7. The smallest absolute Gasteiger partial charge is 0.236 e. The lowest BCUT2D eigenvalue weighted by Gasteiger charge is -2.34. The number of nitrogens with zero attached hydrogens (tertiary/aromatic N) is 5. The second kappa shape index (κ2) is 9.08. The van der Waals surface area contributed by atoms with Gasteiger partial charge < -0.3 is 9.80 Å². The topological polar surface area (TPSA) is 52.6 Å². The first-order valence-electron chi connectivity index (χ1n) is 10.8. The molecular formula is C23H30FN5O. The monoisotopic (exact) mass is 411 g/mol. The molecule has 1 unspecified atom stereocenters. The van der Waals surface area contributed by atoms with Crippen molar-refractivity contribution in [3.63, 3.8) is 0 Å². The van der Waals surface area contributed by atoms with Gasteiger partial charge in [0.05, 0.1) is 12.2 Å². The quantitative estimate of drug-likeness (QED) is 0.757. The number of rotatable bonds is 5. The highest BCUT2D eigenvalue weighted by Crippen LogP contribution is 2.34. The zero-order valence-corrected chi connectivity index (χ0v) is 17.9. The Hall–Kier alpha value is -2.54. The van der Waals surface area contributed by atoms with Crippen LogP contribution in [-0.4, -0.2) is 72.5 Å². The molecular weight excluding hydrogens is 381 g/mol. The van der Waals surface area contributed by atoms with Crippen LogP contribution in [0, 0.1) is 5.82 Å². The Morgan fingerprint density at radius 3 is 2.73 bits per heavy atom. The molecule has 4 rings (SSSR count). The molecule has 2 aliphatic heterocycles. The van der Waals surface area contributed by atoms with Gasteiger partial charge in [-0.1, -0.05) is 12.1 Å². The molecule has 2 aromatic rings. The lowest BCUT2D eigenvalue weighted by Crippen LogP contribution is -2.43. The molecule has 30 heavy (non-hydrogen) atoms. The van der Waals surface area contributed by atoms with E-state index in [-0.39, 0.29) is 17.6 Å². The van der Waals surface area contributed by atoms with Crippen LogP contribution < -0.4 is 4.90 Å². The summed E-state index contributed by atoms with van der Waals surface area (Å²) < 4.78 is 13.9. The second-order valence-corrected chi connectivity index (χ2v) is 8.54. The summed E-state index contributed by atoms with van der Waals surface area (Å²) in [6.45, 7) is 3.95. The van der Waals surface area contributed by atoms with E-state index in [4.69, 9.17) is 4.98 Å². The summed E-state index contributed by atoms with van der Waals surface area (Å²) in [6, 6.07) is 6.61. The Balaban J connectivity index is 1.59. The van der Waals surface area contributed by atoms with Gasteiger partial charge in [-0.15, -0.1) is 0 Å². The summed E-state index contributed by atoms with van der Waals surface area (Å²) in [5.74, 6) is 0.798. The van der Waals surface area contributed by atoms with Gasteiger partial charge in [0.2, 0.25) is 11.9 Å². The van der Waals surface area contributed by atoms with Gasteiger partial charge in [0.25, 0.3) is 0 Å². The van der Waals surface area contributed by atoms with E-state index in [0.717, 1.165) is 68.7 Å². The molecule has 3 heterocycles. The predicted octanol–water partition coefficient (Wildman–Crippen LogP) is 3.15. The molecule has 1 amide bonds. The third kappa shape index (κ3) is 4.61. The molecule has 0 spiro atoms. The molecule has 2 fully saturated rings. The van der Waals surface area contributed by atoms with Crippen molar-refractivity contribution in [2.24, 2.45) is 0 Å². The van der Waals surface area contributed by atoms with Crippen LogP contribution in [0.3, 0.4) is 0 Å². The van der Waals surface area contributed by atoms with Crippen LogP contribution in [-0.2, 0) is 4.79 Å². The van der Waals surface area contributed by atoms with E-state index in [1.807, 2.05) is 30.0 Å². The Morgan fingerprint density at radius 1 is 1.20 bits per heavy atom. The third-order valence-electron chi connectivity index (χ3n) is 6.05. The molecule has 2 saturated heterocycles. The van der Waals surface area contributed by atoms with Crippen LogP contribution in [0.25, 0.3) is 11.1 Å². The van der Waals surface area contributed by atoms with Crippen molar-refractivity contribution in [3.8, 4) is 11.1 Å². The van der Waals surface area contributed by atoms with E-state index in [1.165, 1.54) is 12.1 Å². The normalized spacial score (nSPS) is 19.8. The first-order chi connectivity index (χ1) is 14.5. The molecule has 0 radical (unpaired) electrons. The van der Waals surface area contributed by atoms with E-state index in [9.17, 15) is 9.18 Å². The summed E-state index contributed by atoms with van der Waals surface area (Å²) in [6.07, 6.45) is 6.04. The van der Waals surface area contributed by atoms with Gasteiger partial charge in [-0.2, -0.15) is 0 Å². The Morgan fingerprint density at radius 2 is 2.00 bits per heavy atom. The Labute approximate surface area is 177 Å². The average molecular weight is 412 g/mol. The van der Waals surface area contributed by atoms with Crippen molar-refractivity contribution in [2.45, 2.75) is 31.6 Å². The average Bonchev–Trinajstić information content (AvgIpc) is 3.28. The van der Waals surface area contributed by atoms with Crippen molar-refractivity contribution in [3.05, 3.63) is 42.0 Å². The number of aromatic nitrogens is 2. The van der Waals surface area contributed by atoms with Crippen LogP contribution in [0.5, 0.6) is 0 Å². The number of piperidine rings is 1. The highest BCUT2D eigenvalue weighted by Gasteiger charge is 2.28. The third-order valence-corrected chi connectivity index (χ3v) is 6.05. The van der Waals surface area contributed by atoms with Crippen LogP contribution in [0.4, 0.5) is 10.3 Å². The number of amides is 1. The molecule has 160 valence electrons. The molecule has 1 aromatic carbocycles. The maximum atomic E-state index is 13.9. The zero-order valence-electron chi connectivity index (χ0n) is 17.9. The second-order valence-electron chi connectivity index (χ2n) is 8.54. The minimum atomic E-state index is -0.267. The minimum absolute atomic E-state index is 0.185. The fourth-order valence-electron chi connectivity index (χ4n) is 4.47. The molecule has 1 atom stereocenters. The lowest BCUT2D eigenvalue weighted by molar-refractivity contribution is -0.131. The van der Waals surface area contributed by atoms with Gasteiger partial charge in [0.1, 0.15) is 5.82 Å². The van der Waals surface area contributed by atoms with Crippen LogP contribution in [0.1, 0.15) is 37.3 Å². The summed E-state index contributed by atoms with van der Waals surface area (Å²) in [5.41, 5.74) is 2.61. The number of carbonyl (C=O) groups excluding carboxylic acids is 1. The van der Waals surface area contributed by atoms with E-state index >= 15 is 0 Å². The van der Waals surface area contributed by atoms with Gasteiger partial charge in [-0.25, -0.2) is 14.4 Å². The van der Waals surface area contributed by atoms with Crippen molar-refractivity contribution in [2.75, 3.05) is 51.7 Å². The maximum absolute atomic E-state index is 13.9. The summed E-state index contributed by atoms with van der Waals surface area (Å²) >= 11 is 0. The standard InChI is InChI=1S/C23H30FN5O/c1-27(2)23-25-14-20(17-7-5-9-19(24)13-17)22(26-23)18-8-6-10-28(15-18)16-21(30)29-11-3-4-12-29/h5,7,9,13-14,18H,3-4,6,8,10-12,15-16H2,1-2H3. The van der Waals surface area contributed by atoms with Gasteiger partial charge in [0, 0.05) is 51.4 Å². The van der Waals surface area contributed by atoms with Gasteiger partial charge in [-0.05, 0) is 49.9 Å². The maximum Gasteiger partial charge on any atom is 0.236 e. The highest BCUT2D eigenvalue weighted by molar-refractivity contribution is 5.78. The van der Waals surface area contributed by atoms with Gasteiger partial charge in [-0.3, -0.25) is 9.69 Å². The molecule has 0 saturated carbocycles. The molecule has 0 bridgehead atoms.